The van der Waals surface area contributed by atoms with E-state index in [2.05, 4.69) is 9.71 Å². The molecule has 1 heterocycles. The Hall–Kier alpha value is -1.64. The molecule has 8 heteroatoms. The van der Waals surface area contributed by atoms with Crippen molar-refractivity contribution in [3.05, 3.63) is 34.3 Å². The molecule has 0 unspecified atom stereocenters. The summed E-state index contributed by atoms with van der Waals surface area (Å²) in [6, 6.07) is 3.77. The second kappa shape index (κ2) is 5.16. The summed E-state index contributed by atoms with van der Waals surface area (Å²) in [4.78, 5) is 4.89. The van der Waals surface area contributed by atoms with Gasteiger partial charge in [0.15, 0.2) is 0 Å². The molecule has 1 aromatic heterocycles. The van der Waals surface area contributed by atoms with Crippen molar-refractivity contribution in [1.82, 2.24) is 9.71 Å². The van der Waals surface area contributed by atoms with Gasteiger partial charge in [-0.1, -0.05) is 0 Å². The molecule has 0 saturated heterocycles. The highest BCUT2D eigenvalue weighted by Gasteiger charge is 2.15. The molecule has 102 valence electrons. The normalized spacial score (nSPS) is 11.6. The first-order valence-electron chi connectivity index (χ1n) is 5.38. The number of phenols is 1. The van der Waals surface area contributed by atoms with Crippen molar-refractivity contribution in [1.29, 1.82) is 0 Å². The van der Waals surface area contributed by atoms with E-state index in [1.54, 1.807) is 6.20 Å². The summed E-state index contributed by atoms with van der Waals surface area (Å²) < 4.78 is 26.5. The van der Waals surface area contributed by atoms with Gasteiger partial charge in [-0.05, 0) is 25.1 Å². The molecular weight excluding hydrogens is 286 g/mol. The smallest absolute Gasteiger partial charge is 0.240 e. The number of aromatic nitrogens is 1. The van der Waals surface area contributed by atoms with E-state index >= 15 is 0 Å². The van der Waals surface area contributed by atoms with Gasteiger partial charge in [0.1, 0.15) is 5.75 Å². The summed E-state index contributed by atoms with van der Waals surface area (Å²) in [5.41, 5.74) is 5.50. The highest BCUT2D eigenvalue weighted by atomic mass is 32.2. The van der Waals surface area contributed by atoms with Crippen LogP contribution in [0.1, 0.15) is 9.88 Å². The van der Waals surface area contributed by atoms with Crippen LogP contribution in [0, 0.1) is 6.92 Å². The van der Waals surface area contributed by atoms with Gasteiger partial charge in [0.25, 0.3) is 0 Å². The number of benzene rings is 1. The third-order valence-electron chi connectivity index (χ3n) is 2.41. The quantitative estimate of drug-likeness (QED) is 0.581. The lowest BCUT2D eigenvalue weighted by Gasteiger charge is -2.07. The standard InChI is InChI=1S/C11H13N3O3S2/c1-7-13-5-8(18-7)6-14-19(16,17)9-2-3-11(15)10(12)4-9/h2-5,14-15H,6,12H2,1H3. The lowest BCUT2D eigenvalue weighted by atomic mass is 10.3. The van der Waals surface area contributed by atoms with Crippen LogP contribution in [0.15, 0.2) is 29.3 Å². The fraction of sp³-hybridized carbons (Fsp3) is 0.182. The number of nitrogen functional groups attached to an aromatic ring is 1. The highest BCUT2D eigenvalue weighted by Crippen LogP contribution is 2.23. The molecule has 0 amide bonds. The molecule has 1 aromatic carbocycles. The minimum absolute atomic E-state index is 0.0176. The van der Waals surface area contributed by atoms with Crippen molar-refractivity contribution in [3.8, 4) is 5.75 Å². The second-order valence-electron chi connectivity index (χ2n) is 3.89. The zero-order chi connectivity index (χ0) is 14.0. The molecule has 0 fully saturated rings. The predicted molar refractivity (Wildman–Crippen MR) is 73.4 cm³/mol. The lowest BCUT2D eigenvalue weighted by molar-refractivity contribution is 0.477. The third kappa shape index (κ3) is 3.22. The van der Waals surface area contributed by atoms with Crippen LogP contribution >= 0.6 is 11.3 Å². The minimum atomic E-state index is -3.65. The zero-order valence-corrected chi connectivity index (χ0v) is 11.8. The number of hydrogen-bond acceptors (Lipinski definition) is 6. The summed E-state index contributed by atoms with van der Waals surface area (Å²) in [7, 11) is -3.65. The molecule has 2 aromatic rings. The Morgan fingerprint density at radius 1 is 1.47 bits per heavy atom. The number of anilines is 1. The number of rotatable bonds is 4. The van der Waals surface area contributed by atoms with E-state index in [9.17, 15) is 13.5 Å². The van der Waals surface area contributed by atoms with Crippen LogP contribution in [0.4, 0.5) is 5.69 Å². The van der Waals surface area contributed by atoms with E-state index in [0.29, 0.717) is 0 Å². The Labute approximate surface area is 115 Å². The predicted octanol–water partition coefficient (Wildman–Crippen LogP) is 1.22. The maximum absolute atomic E-state index is 12.0. The lowest BCUT2D eigenvalue weighted by Crippen LogP contribution is -2.22. The first kappa shape index (κ1) is 13.8. The topological polar surface area (TPSA) is 105 Å². The first-order chi connectivity index (χ1) is 8.88. The number of sulfonamides is 1. The molecule has 0 saturated carbocycles. The van der Waals surface area contributed by atoms with Crippen LogP contribution in [0.5, 0.6) is 5.75 Å². The molecule has 0 radical (unpaired) electrons. The van der Waals surface area contributed by atoms with Crippen LogP contribution in [0.3, 0.4) is 0 Å². The van der Waals surface area contributed by atoms with Gasteiger partial charge < -0.3 is 10.8 Å². The number of phenolic OH excluding ortho intramolecular Hbond substituents is 1. The van der Waals surface area contributed by atoms with Gasteiger partial charge in [0, 0.05) is 17.6 Å². The van der Waals surface area contributed by atoms with E-state index < -0.39 is 10.0 Å². The molecule has 0 aliphatic carbocycles. The van der Waals surface area contributed by atoms with E-state index in [1.807, 2.05) is 6.92 Å². The second-order valence-corrected chi connectivity index (χ2v) is 6.98. The van der Waals surface area contributed by atoms with E-state index in [-0.39, 0.29) is 22.9 Å². The fourth-order valence-electron chi connectivity index (χ4n) is 1.44. The van der Waals surface area contributed by atoms with E-state index in [4.69, 9.17) is 5.73 Å². The zero-order valence-electron chi connectivity index (χ0n) is 10.1. The molecule has 0 aliphatic heterocycles. The van der Waals surface area contributed by atoms with E-state index in [1.165, 1.54) is 29.5 Å². The van der Waals surface area contributed by atoms with Gasteiger partial charge in [0.2, 0.25) is 10.0 Å². The number of thiazole rings is 1. The molecule has 4 N–H and O–H groups in total. The maximum Gasteiger partial charge on any atom is 0.240 e. The monoisotopic (exact) mass is 299 g/mol. The summed E-state index contributed by atoms with van der Waals surface area (Å²) in [6.45, 7) is 2.03. The van der Waals surface area contributed by atoms with Crippen LogP contribution in [-0.4, -0.2) is 18.5 Å². The van der Waals surface area contributed by atoms with Crippen molar-refractivity contribution >= 4 is 27.0 Å². The number of nitrogens with one attached hydrogen (secondary N) is 1. The number of hydrogen-bond donors (Lipinski definition) is 3. The van der Waals surface area contributed by atoms with Crippen molar-refractivity contribution in [2.24, 2.45) is 0 Å². The van der Waals surface area contributed by atoms with Crippen molar-refractivity contribution in [2.75, 3.05) is 5.73 Å². The minimum Gasteiger partial charge on any atom is -0.506 e. The Balaban J connectivity index is 2.16. The van der Waals surface area contributed by atoms with Crippen molar-refractivity contribution in [2.45, 2.75) is 18.4 Å². The van der Waals surface area contributed by atoms with Crippen LogP contribution < -0.4 is 10.5 Å². The van der Waals surface area contributed by atoms with Gasteiger partial charge in [-0.2, -0.15) is 0 Å². The molecule has 0 aliphatic rings. The maximum atomic E-state index is 12.0. The Bertz CT molecular complexity index is 695. The van der Waals surface area contributed by atoms with Crippen LogP contribution in [0.25, 0.3) is 0 Å². The van der Waals surface area contributed by atoms with Crippen LogP contribution in [-0.2, 0) is 16.6 Å². The third-order valence-corrected chi connectivity index (χ3v) is 4.73. The Kier molecular flexibility index (Phi) is 3.74. The molecule has 0 spiro atoms. The Morgan fingerprint density at radius 3 is 2.79 bits per heavy atom. The molecule has 0 atom stereocenters. The molecule has 6 nitrogen and oxygen atoms in total. The van der Waals surface area contributed by atoms with Gasteiger partial charge in [0.05, 0.1) is 15.6 Å². The van der Waals surface area contributed by atoms with E-state index in [0.717, 1.165) is 9.88 Å². The number of aryl methyl sites for hydroxylation is 1. The molecule has 19 heavy (non-hydrogen) atoms. The summed E-state index contributed by atoms with van der Waals surface area (Å²) in [5.74, 6) is -0.142. The van der Waals surface area contributed by atoms with Gasteiger partial charge in [-0.15, -0.1) is 11.3 Å². The summed E-state index contributed by atoms with van der Waals surface area (Å²) in [5, 5.41) is 10.2. The fourth-order valence-corrected chi connectivity index (χ4v) is 3.30. The SMILES string of the molecule is Cc1ncc(CNS(=O)(=O)c2ccc(O)c(N)c2)s1. The van der Waals surface area contributed by atoms with Crippen molar-refractivity contribution < 1.29 is 13.5 Å². The number of nitrogens with two attached hydrogens (primary N) is 1. The highest BCUT2D eigenvalue weighted by molar-refractivity contribution is 7.89. The number of aromatic hydroxyl groups is 1. The molecular formula is C11H13N3O3S2. The molecule has 0 bridgehead atoms. The number of nitrogens with zero attached hydrogens (tertiary/aromatic N) is 1. The van der Waals surface area contributed by atoms with Gasteiger partial charge >= 0.3 is 0 Å². The molecule has 2 rings (SSSR count). The summed E-state index contributed by atoms with van der Waals surface area (Å²) in [6.07, 6.45) is 1.63. The largest absolute Gasteiger partial charge is 0.506 e. The van der Waals surface area contributed by atoms with Gasteiger partial charge in [-0.3, -0.25) is 0 Å². The van der Waals surface area contributed by atoms with Crippen LogP contribution in [0.2, 0.25) is 0 Å². The first-order valence-corrected chi connectivity index (χ1v) is 7.68. The van der Waals surface area contributed by atoms with Gasteiger partial charge in [-0.25, -0.2) is 18.1 Å². The van der Waals surface area contributed by atoms with Crippen molar-refractivity contribution in [3.63, 3.8) is 0 Å². The average molecular weight is 299 g/mol. The average Bonchev–Trinajstić information content (AvgIpc) is 2.76. The summed E-state index contributed by atoms with van der Waals surface area (Å²) >= 11 is 1.43. The Morgan fingerprint density at radius 2 is 2.21 bits per heavy atom.